The standard InChI is InChI=1S/C15H31N3O2/c1-4-8-17-15(3,14(16)19)7-5-9-18-10-6-11-20-13(2)12-18/h13,17H,4-12H2,1-3H3,(H2,16,19). The molecule has 2 unspecified atom stereocenters. The smallest absolute Gasteiger partial charge is 0.237 e. The van der Waals surface area contributed by atoms with Crippen molar-refractivity contribution in [1.82, 2.24) is 10.2 Å². The lowest BCUT2D eigenvalue weighted by atomic mass is 9.94. The van der Waals surface area contributed by atoms with Crippen LogP contribution in [-0.4, -0.2) is 55.2 Å². The highest BCUT2D eigenvalue weighted by atomic mass is 16.5. The second-order valence-electron chi connectivity index (χ2n) is 6.06. The fourth-order valence-electron chi connectivity index (χ4n) is 2.64. The van der Waals surface area contributed by atoms with Gasteiger partial charge in [-0.2, -0.15) is 0 Å². The van der Waals surface area contributed by atoms with Gasteiger partial charge in [0.25, 0.3) is 0 Å². The van der Waals surface area contributed by atoms with E-state index in [9.17, 15) is 4.79 Å². The molecule has 3 N–H and O–H groups in total. The Kier molecular flexibility index (Phi) is 7.48. The molecule has 1 heterocycles. The van der Waals surface area contributed by atoms with E-state index in [2.05, 4.69) is 24.1 Å². The number of carbonyl (C=O) groups is 1. The first-order valence-electron chi connectivity index (χ1n) is 7.87. The van der Waals surface area contributed by atoms with Crippen LogP contribution in [0.2, 0.25) is 0 Å². The van der Waals surface area contributed by atoms with Crippen LogP contribution in [0.1, 0.15) is 46.5 Å². The lowest BCUT2D eigenvalue weighted by molar-refractivity contribution is -0.124. The summed E-state index contributed by atoms with van der Waals surface area (Å²) in [5, 5.41) is 3.29. The van der Waals surface area contributed by atoms with E-state index in [1.165, 1.54) is 0 Å². The summed E-state index contributed by atoms with van der Waals surface area (Å²) >= 11 is 0. The Morgan fingerprint density at radius 3 is 2.95 bits per heavy atom. The molecule has 1 saturated heterocycles. The monoisotopic (exact) mass is 285 g/mol. The van der Waals surface area contributed by atoms with E-state index >= 15 is 0 Å². The first-order chi connectivity index (χ1) is 9.48. The summed E-state index contributed by atoms with van der Waals surface area (Å²) in [6, 6.07) is 0. The van der Waals surface area contributed by atoms with Crippen LogP contribution in [-0.2, 0) is 9.53 Å². The summed E-state index contributed by atoms with van der Waals surface area (Å²) in [5.74, 6) is -0.251. The van der Waals surface area contributed by atoms with Gasteiger partial charge in [0.1, 0.15) is 0 Å². The molecule has 0 bridgehead atoms. The van der Waals surface area contributed by atoms with Gasteiger partial charge in [-0.3, -0.25) is 4.79 Å². The molecule has 5 nitrogen and oxygen atoms in total. The molecule has 0 saturated carbocycles. The molecule has 0 radical (unpaired) electrons. The highest BCUT2D eigenvalue weighted by Crippen LogP contribution is 2.14. The first-order valence-corrected chi connectivity index (χ1v) is 7.87. The normalized spacial score (nSPS) is 24.1. The van der Waals surface area contributed by atoms with Crippen LogP contribution in [0.25, 0.3) is 0 Å². The van der Waals surface area contributed by atoms with Gasteiger partial charge in [0.05, 0.1) is 11.6 Å². The van der Waals surface area contributed by atoms with Crippen molar-refractivity contribution >= 4 is 5.91 Å². The number of ether oxygens (including phenoxy) is 1. The number of rotatable bonds is 8. The second kappa shape index (κ2) is 8.60. The number of carbonyl (C=O) groups excluding carboxylic acids is 1. The highest BCUT2D eigenvalue weighted by molar-refractivity contribution is 5.84. The molecule has 1 amide bonds. The lowest BCUT2D eigenvalue weighted by Gasteiger charge is -2.29. The van der Waals surface area contributed by atoms with Crippen molar-refractivity contribution in [1.29, 1.82) is 0 Å². The van der Waals surface area contributed by atoms with Gasteiger partial charge >= 0.3 is 0 Å². The summed E-state index contributed by atoms with van der Waals surface area (Å²) in [6.07, 6.45) is 4.16. The molecule has 2 atom stereocenters. The van der Waals surface area contributed by atoms with Crippen LogP contribution < -0.4 is 11.1 Å². The second-order valence-corrected chi connectivity index (χ2v) is 6.06. The zero-order chi connectivity index (χ0) is 15.0. The summed E-state index contributed by atoms with van der Waals surface area (Å²) in [5.41, 5.74) is 4.96. The van der Waals surface area contributed by atoms with Gasteiger partial charge in [-0.05, 0) is 52.6 Å². The third-order valence-corrected chi connectivity index (χ3v) is 4.00. The number of hydrogen-bond acceptors (Lipinski definition) is 4. The molecule has 1 rings (SSSR count). The maximum atomic E-state index is 11.6. The predicted octanol–water partition coefficient (Wildman–Crippen LogP) is 1.12. The van der Waals surface area contributed by atoms with Gasteiger partial charge in [0, 0.05) is 19.7 Å². The van der Waals surface area contributed by atoms with E-state index in [4.69, 9.17) is 10.5 Å². The topological polar surface area (TPSA) is 67.6 Å². The number of nitrogens with one attached hydrogen (secondary N) is 1. The van der Waals surface area contributed by atoms with Gasteiger partial charge in [-0.15, -0.1) is 0 Å². The lowest BCUT2D eigenvalue weighted by Crippen LogP contribution is -2.53. The maximum absolute atomic E-state index is 11.6. The van der Waals surface area contributed by atoms with Gasteiger partial charge in [-0.25, -0.2) is 0 Å². The molecule has 0 aliphatic carbocycles. The van der Waals surface area contributed by atoms with Crippen molar-refractivity contribution in [3.05, 3.63) is 0 Å². The van der Waals surface area contributed by atoms with E-state index in [-0.39, 0.29) is 5.91 Å². The maximum Gasteiger partial charge on any atom is 0.237 e. The minimum atomic E-state index is -0.579. The summed E-state index contributed by atoms with van der Waals surface area (Å²) < 4.78 is 5.64. The summed E-state index contributed by atoms with van der Waals surface area (Å²) in [6.45, 7) is 10.9. The van der Waals surface area contributed by atoms with E-state index in [0.717, 1.165) is 58.5 Å². The minimum absolute atomic E-state index is 0.251. The van der Waals surface area contributed by atoms with E-state index < -0.39 is 5.54 Å². The molecular weight excluding hydrogens is 254 g/mol. The van der Waals surface area contributed by atoms with Crippen LogP contribution in [0.5, 0.6) is 0 Å². The van der Waals surface area contributed by atoms with Gasteiger partial charge in [-0.1, -0.05) is 6.92 Å². The third kappa shape index (κ3) is 5.77. The largest absolute Gasteiger partial charge is 0.377 e. The van der Waals surface area contributed by atoms with Gasteiger partial charge in [0.15, 0.2) is 0 Å². The summed E-state index contributed by atoms with van der Waals surface area (Å²) in [7, 11) is 0. The average molecular weight is 285 g/mol. The molecule has 0 aromatic rings. The van der Waals surface area contributed by atoms with Crippen LogP contribution in [0, 0.1) is 0 Å². The number of nitrogens with zero attached hydrogens (tertiary/aromatic N) is 1. The van der Waals surface area contributed by atoms with Gasteiger partial charge < -0.3 is 20.7 Å². The van der Waals surface area contributed by atoms with E-state index in [1.54, 1.807) is 0 Å². The number of primary amides is 1. The molecule has 0 aromatic heterocycles. The molecule has 1 aliphatic rings. The molecule has 0 spiro atoms. The predicted molar refractivity (Wildman–Crippen MR) is 81.6 cm³/mol. The number of amides is 1. The van der Waals surface area contributed by atoms with Crippen LogP contribution in [0.15, 0.2) is 0 Å². The Hall–Kier alpha value is -0.650. The average Bonchev–Trinajstić information content (AvgIpc) is 2.60. The van der Waals surface area contributed by atoms with Gasteiger partial charge in [0.2, 0.25) is 5.91 Å². The molecule has 118 valence electrons. The molecule has 1 aliphatic heterocycles. The Labute approximate surface area is 123 Å². The van der Waals surface area contributed by atoms with Crippen molar-refractivity contribution in [3.8, 4) is 0 Å². The zero-order valence-electron chi connectivity index (χ0n) is 13.3. The molecule has 20 heavy (non-hydrogen) atoms. The van der Waals surface area contributed by atoms with Crippen LogP contribution in [0.3, 0.4) is 0 Å². The Bertz CT molecular complexity index is 299. The fraction of sp³-hybridized carbons (Fsp3) is 0.933. The molecule has 5 heteroatoms. The quantitative estimate of drug-likeness (QED) is 0.701. The van der Waals surface area contributed by atoms with Crippen molar-refractivity contribution in [2.24, 2.45) is 5.73 Å². The van der Waals surface area contributed by atoms with Crippen LogP contribution >= 0.6 is 0 Å². The number of hydrogen-bond donors (Lipinski definition) is 2. The molecular formula is C15H31N3O2. The Balaban J connectivity index is 2.37. The van der Waals surface area contributed by atoms with Crippen molar-refractivity contribution in [2.75, 3.05) is 32.8 Å². The summed E-state index contributed by atoms with van der Waals surface area (Å²) in [4.78, 5) is 14.1. The zero-order valence-corrected chi connectivity index (χ0v) is 13.3. The van der Waals surface area contributed by atoms with E-state index in [1.807, 2.05) is 6.92 Å². The van der Waals surface area contributed by atoms with Crippen molar-refractivity contribution in [3.63, 3.8) is 0 Å². The SMILES string of the molecule is CCCNC(C)(CCCN1CCCOC(C)C1)C(N)=O. The molecule has 1 fully saturated rings. The first kappa shape index (κ1) is 17.4. The Morgan fingerprint density at radius 2 is 2.30 bits per heavy atom. The molecule has 0 aromatic carbocycles. The van der Waals surface area contributed by atoms with Crippen LogP contribution in [0.4, 0.5) is 0 Å². The fourth-order valence-corrected chi connectivity index (χ4v) is 2.64. The number of nitrogens with two attached hydrogens (primary N) is 1. The van der Waals surface area contributed by atoms with E-state index in [0.29, 0.717) is 6.10 Å². The van der Waals surface area contributed by atoms with Crippen molar-refractivity contribution in [2.45, 2.75) is 58.1 Å². The third-order valence-electron chi connectivity index (χ3n) is 4.00. The Morgan fingerprint density at radius 1 is 1.55 bits per heavy atom. The van der Waals surface area contributed by atoms with Crippen molar-refractivity contribution < 1.29 is 9.53 Å². The minimum Gasteiger partial charge on any atom is -0.377 e. The highest BCUT2D eigenvalue weighted by Gasteiger charge is 2.29.